The van der Waals surface area contributed by atoms with E-state index in [9.17, 15) is 9.59 Å². The number of anilines is 1. The molecule has 0 saturated carbocycles. The molecule has 0 radical (unpaired) electrons. The number of hydrogen-bond donors (Lipinski definition) is 1. The summed E-state index contributed by atoms with van der Waals surface area (Å²) >= 11 is 1.33. The van der Waals surface area contributed by atoms with E-state index in [0.29, 0.717) is 22.7 Å². The Morgan fingerprint density at radius 3 is 2.54 bits per heavy atom. The minimum atomic E-state index is -0.505. The summed E-state index contributed by atoms with van der Waals surface area (Å²) < 4.78 is 10.5. The normalized spacial score (nSPS) is 10.4. The van der Waals surface area contributed by atoms with Crippen molar-refractivity contribution in [2.75, 3.05) is 19.0 Å². The van der Waals surface area contributed by atoms with Gasteiger partial charge in [-0.1, -0.05) is 12.1 Å². The van der Waals surface area contributed by atoms with Crippen LogP contribution in [0, 0.1) is 6.92 Å². The fourth-order valence-corrected chi connectivity index (χ4v) is 3.89. The molecule has 0 aliphatic heterocycles. The van der Waals surface area contributed by atoms with Crippen molar-refractivity contribution in [2.24, 2.45) is 0 Å². The third-order valence-electron chi connectivity index (χ3n) is 4.08. The van der Waals surface area contributed by atoms with Gasteiger partial charge in [-0.2, -0.15) is 0 Å². The average Bonchev–Trinajstić information content (AvgIpc) is 3.04. The second-order valence-electron chi connectivity index (χ2n) is 5.88. The molecule has 0 unspecified atom stereocenters. The van der Waals surface area contributed by atoms with Crippen LogP contribution in [0.4, 0.5) is 5.00 Å². The zero-order chi connectivity index (χ0) is 20.1. The van der Waals surface area contributed by atoms with Crippen molar-refractivity contribution in [1.82, 2.24) is 4.98 Å². The second-order valence-corrected chi connectivity index (χ2v) is 7.11. The van der Waals surface area contributed by atoms with Crippen LogP contribution in [0.2, 0.25) is 0 Å². The van der Waals surface area contributed by atoms with Crippen molar-refractivity contribution in [3.8, 4) is 16.9 Å². The molecule has 0 atom stereocenters. The highest BCUT2D eigenvalue weighted by Gasteiger charge is 2.25. The molecule has 2 aromatic heterocycles. The maximum absolute atomic E-state index is 12.5. The number of nitrogens with zero attached hydrogens (tertiary/aromatic N) is 1. The number of ether oxygens (including phenoxy) is 2. The molecule has 0 saturated heterocycles. The molecule has 0 spiro atoms. The van der Waals surface area contributed by atoms with E-state index >= 15 is 0 Å². The quantitative estimate of drug-likeness (QED) is 0.618. The van der Waals surface area contributed by atoms with Gasteiger partial charge in [0.2, 0.25) is 0 Å². The van der Waals surface area contributed by atoms with E-state index in [0.717, 1.165) is 21.8 Å². The van der Waals surface area contributed by atoms with E-state index in [4.69, 9.17) is 9.47 Å². The van der Waals surface area contributed by atoms with Gasteiger partial charge >= 0.3 is 5.97 Å². The number of thiophene rings is 1. The van der Waals surface area contributed by atoms with Gasteiger partial charge < -0.3 is 14.8 Å². The lowest BCUT2D eigenvalue weighted by atomic mass is 10.0. The minimum absolute atomic E-state index is 0.335. The molecule has 1 N–H and O–H groups in total. The lowest BCUT2D eigenvalue weighted by Gasteiger charge is -2.09. The number of carbonyl (C=O) groups is 2. The van der Waals surface area contributed by atoms with Crippen molar-refractivity contribution in [2.45, 2.75) is 13.8 Å². The Kier molecular flexibility index (Phi) is 6.06. The molecular weight excluding hydrogens is 376 g/mol. The molecular formula is C21H20N2O4S. The van der Waals surface area contributed by atoms with E-state index in [1.54, 1.807) is 18.3 Å². The van der Waals surface area contributed by atoms with Crippen molar-refractivity contribution in [3.63, 3.8) is 0 Å². The summed E-state index contributed by atoms with van der Waals surface area (Å²) in [7, 11) is 1.32. The zero-order valence-corrected chi connectivity index (χ0v) is 16.6. The molecule has 7 heteroatoms. The SMILES string of the molecule is CCOc1ccc(-c2c(C)sc(NC(=O)c3cccnc3)c2C(=O)OC)cc1. The zero-order valence-electron chi connectivity index (χ0n) is 15.8. The number of rotatable bonds is 6. The van der Waals surface area contributed by atoms with Crippen LogP contribution in [0.25, 0.3) is 11.1 Å². The summed E-state index contributed by atoms with van der Waals surface area (Å²) in [6.07, 6.45) is 3.07. The number of esters is 1. The van der Waals surface area contributed by atoms with E-state index in [1.165, 1.54) is 24.6 Å². The Balaban J connectivity index is 2.01. The van der Waals surface area contributed by atoms with Gasteiger partial charge in [0.1, 0.15) is 16.3 Å². The highest BCUT2D eigenvalue weighted by Crippen LogP contribution is 2.41. The smallest absolute Gasteiger partial charge is 0.341 e. The number of hydrogen-bond acceptors (Lipinski definition) is 6. The molecule has 0 aliphatic rings. The Morgan fingerprint density at radius 1 is 1.18 bits per heavy atom. The predicted octanol–water partition coefficient (Wildman–Crippen LogP) is 4.56. The van der Waals surface area contributed by atoms with E-state index < -0.39 is 5.97 Å². The van der Waals surface area contributed by atoms with Crippen LogP contribution in [-0.4, -0.2) is 30.6 Å². The molecule has 3 aromatic rings. The lowest BCUT2D eigenvalue weighted by Crippen LogP contribution is -2.14. The Bertz CT molecular complexity index is 982. The minimum Gasteiger partial charge on any atom is -0.494 e. The number of amides is 1. The van der Waals surface area contributed by atoms with Gasteiger partial charge in [0.05, 0.1) is 19.3 Å². The topological polar surface area (TPSA) is 77.5 Å². The van der Waals surface area contributed by atoms with Gasteiger partial charge in [-0.25, -0.2) is 4.79 Å². The Hall–Kier alpha value is -3.19. The number of benzene rings is 1. The molecule has 28 heavy (non-hydrogen) atoms. The maximum Gasteiger partial charge on any atom is 0.341 e. The molecule has 144 valence electrons. The van der Waals surface area contributed by atoms with Gasteiger partial charge in [0.15, 0.2) is 0 Å². The van der Waals surface area contributed by atoms with Gasteiger partial charge in [0, 0.05) is 22.8 Å². The van der Waals surface area contributed by atoms with Gasteiger partial charge in [-0.05, 0) is 43.7 Å². The monoisotopic (exact) mass is 396 g/mol. The fourth-order valence-electron chi connectivity index (χ4n) is 2.83. The van der Waals surface area contributed by atoms with Gasteiger partial charge in [-0.3, -0.25) is 9.78 Å². The van der Waals surface area contributed by atoms with E-state index in [1.807, 2.05) is 38.1 Å². The van der Waals surface area contributed by atoms with E-state index in [-0.39, 0.29) is 5.91 Å². The van der Waals surface area contributed by atoms with Gasteiger partial charge in [0.25, 0.3) is 5.91 Å². The van der Waals surface area contributed by atoms with Crippen LogP contribution in [0.3, 0.4) is 0 Å². The van der Waals surface area contributed by atoms with Crippen LogP contribution >= 0.6 is 11.3 Å². The van der Waals surface area contributed by atoms with Crippen LogP contribution in [0.1, 0.15) is 32.5 Å². The molecule has 0 aliphatic carbocycles. The van der Waals surface area contributed by atoms with E-state index in [2.05, 4.69) is 10.3 Å². The summed E-state index contributed by atoms with van der Waals surface area (Å²) in [5.41, 5.74) is 2.33. The van der Waals surface area contributed by atoms with Crippen LogP contribution in [-0.2, 0) is 4.74 Å². The number of aromatic nitrogens is 1. The van der Waals surface area contributed by atoms with Crippen molar-refractivity contribution < 1.29 is 19.1 Å². The van der Waals surface area contributed by atoms with Crippen LogP contribution in [0.5, 0.6) is 5.75 Å². The first-order chi connectivity index (χ1) is 13.5. The van der Waals surface area contributed by atoms with Crippen molar-refractivity contribution in [3.05, 3.63) is 64.8 Å². The third-order valence-corrected chi connectivity index (χ3v) is 5.10. The Morgan fingerprint density at radius 2 is 1.93 bits per heavy atom. The molecule has 1 aromatic carbocycles. The third kappa shape index (κ3) is 4.04. The van der Waals surface area contributed by atoms with Crippen LogP contribution < -0.4 is 10.1 Å². The van der Waals surface area contributed by atoms with Crippen molar-refractivity contribution in [1.29, 1.82) is 0 Å². The largest absolute Gasteiger partial charge is 0.494 e. The summed E-state index contributed by atoms with van der Waals surface area (Å²) in [5.74, 6) is -0.0867. The number of aryl methyl sites for hydroxylation is 1. The number of pyridine rings is 1. The van der Waals surface area contributed by atoms with Crippen LogP contribution in [0.15, 0.2) is 48.8 Å². The van der Waals surface area contributed by atoms with Crippen molar-refractivity contribution >= 4 is 28.2 Å². The highest BCUT2D eigenvalue weighted by molar-refractivity contribution is 7.17. The number of methoxy groups -OCH3 is 1. The van der Waals surface area contributed by atoms with Gasteiger partial charge in [-0.15, -0.1) is 11.3 Å². The lowest BCUT2D eigenvalue weighted by molar-refractivity contribution is 0.0603. The number of nitrogens with one attached hydrogen (secondary N) is 1. The molecule has 0 fully saturated rings. The first kappa shape index (κ1) is 19.6. The fraction of sp³-hybridized carbons (Fsp3) is 0.190. The first-order valence-corrected chi connectivity index (χ1v) is 9.53. The molecule has 3 rings (SSSR count). The predicted molar refractivity (Wildman–Crippen MR) is 109 cm³/mol. The second kappa shape index (κ2) is 8.67. The molecule has 2 heterocycles. The summed E-state index contributed by atoms with van der Waals surface area (Å²) in [6, 6.07) is 10.8. The molecule has 0 bridgehead atoms. The summed E-state index contributed by atoms with van der Waals surface area (Å²) in [5, 5.41) is 3.27. The molecule has 6 nitrogen and oxygen atoms in total. The highest BCUT2D eigenvalue weighted by atomic mass is 32.1. The summed E-state index contributed by atoms with van der Waals surface area (Å²) in [4.78, 5) is 29.9. The standard InChI is InChI=1S/C21H20N2O4S/c1-4-27-16-9-7-14(8-10-16)17-13(2)28-20(18(17)21(25)26-3)23-19(24)15-6-5-11-22-12-15/h5-12H,4H2,1-3H3,(H,23,24). The molecule has 1 amide bonds. The first-order valence-electron chi connectivity index (χ1n) is 8.71. The Labute approximate surface area is 167 Å². The summed E-state index contributed by atoms with van der Waals surface area (Å²) in [6.45, 7) is 4.40. The number of carbonyl (C=O) groups excluding carboxylic acids is 2. The average molecular weight is 396 g/mol. The maximum atomic E-state index is 12.5.